The molecule has 1 N–H and O–H groups in total. The van der Waals surface area contributed by atoms with E-state index in [4.69, 9.17) is 4.74 Å². The predicted molar refractivity (Wildman–Crippen MR) is 135 cm³/mol. The van der Waals surface area contributed by atoms with Crippen LogP contribution in [0.15, 0.2) is 30.5 Å². The maximum atomic E-state index is 15.3. The van der Waals surface area contributed by atoms with Crippen molar-refractivity contribution >= 4 is 21.6 Å². The molecule has 2 aliphatic rings. The van der Waals surface area contributed by atoms with Gasteiger partial charge in [-0.15, -0.1) is 0 Å². The van der Waals surface area contributed by atoms with Crippen LogP contribution in [0, 0.1) is 24.5 Å². The Labute approximate surface area is 227 Å². The molecule has 1 saturated heterocycles. The van der Waals surface area contributed by atoms with Crippen molar-refractivity contribution in [1.29, 1.82) is 0 Å². The van der Waals surface area contributed by atoms with Crippen molar-refractivity contribution in [3.05, 3.63) is 58.9 Å². The van der Waals surface area contributed by atoms with Gasteiger partial charge in [-0.25, -0.2) is 22.2 Å². The van der Waals surface area contributed by atoms with E-state index in [0.717, 1.165) is 18.4 Å². The molecule has 3 aromatic rings. The van der Waals surface area contributed by atoms with E-state index in [1.54, 1.807) is 28.0 Å². The first-order chi connectivity index (χ1) is 18.8. The zero-order valence-corrected chi connectivity index (χ0v) is 22.3. The molecule has 2 aromatic heterocycles. The van der Waals surface area contributed by atoms with E-state index in [0.29, 0.717) is 23.5 Å². The van der Waals surface area contributed by atoms with Gasteiger partial charge in [0.25, 0.3) is 5.91 Å². The summed E-state index contributed by atoms with van der Waals surface area (Å²) in [5.74, 6) is -3.40. The first kappa shape index (κ1) is 28.4. The standard InChI is InChI=1S/C26H27F5N4O4S/c1-15-4-5-35-21(11-18-12-34(6-7-39-18)40(37,38)13-16-2-3-16)24(33-22(35)8-15)23-19(27)9-17(10-20(23)28)25(36)32-14-26(29,30)31/h4-5,8-10,16,18H,2-3,6-7,11-14H2,1H3,(H,32,36)/t18-/m0/s1. The van der Waals surface area contributed by atoms with Crippen molar-refractivity contribution in [2.45, 2.75) is 38.5 Å². The topological polar surface area (TPSA) is 93.0 Å². The third kappa shape index (κ3) is 6.28. The molecule has 1 aliphatic heterocycles. The number of halogens is 5. The lowest BCUT2D eigenvalue weighted by Crippen LogP contribution is -2.47. The van der Waals surface area contributed by atoms with E-state index < -0.39 is 57.5 Å². The number of carbonyl (C=O) groups is 1. The van der Waals surface area contributed by atoms with E-state index in [9.17, 15) is 26.4 Å². The molecule has 5 rings (SSSR count). The molecule has 0 bridgehead atoms. The Balaban J connectivity index is 1.47. The summed E-state index contributed by atoms with van der Waals surface area (Å²) in [7, 11) is -3.48. The third-order valence-corrected chi connectivity index (χ3v) is 8.94. The molecule has 14 heteroatoms. The normalized spacial score (nSPS) is 18.8. The minimum atomic E-state index is -4.69. The highest BCUT2D eigenvalue weighted by Crippen LogP contribution is 2.34. The quantitative estimate of drug-likeness (QED) is 0.405. The summed E-state index contributed by atoms with van der Waals surface area (Å²) < 4.78 is 103. The molecule has 1 aromatic carbocycles. The van der Waals surface area contributed by atoms with Crippen LogP contribution in [-0.2, 0) is 21.2 Å². The Morgan fingerprint density at radius 2 is 1.88 bits per heavy atom. The highest BCUT2D eigenvalue weighted by Gasteiger charge is 2.36. The van der Waals surface area contributed by atoms with Crippen LogP contribution in [-0.4, -0.2) is 72.3 Å². The van der Waals surface area contributed by atoms with Gasteiger partial charge >= 0.3 is 6.18 Å². The van der Waals surface area contributed by atoms with E-state index in [-0.39, 0.29) is 43.5 Å². The Morgan fingerprint density at radius 3 is 2.52 bits per heavy atom. The number of morpholine rings is 1. The second-order valence-corrected chi connectivity index (χ2v) is 12.2. The van der Waals surface area contributed by atoms with Gasteiger partial charge in [-0.05, 0) is 55.5 Å². The molecule has 1 atom stereocenters. The number of aromatic nitrogens is 2. The van der Waals surface area contributed by atoms with Gasteiger partial charge in [-0.2, -0.15) is 17.5 Å². The van der Waals surface area contributed by atoms with Crippen LogP contribution in [0.25, 0.3) is 16.9 Å². The molecular weight excluding hydrogens is 559 g/mol. The molecule has 0 spiro atoms. The maximum absolute atomic E-state index is 15.3. The van der Waals surface area contributed by atoms with Crippen molar-refractivity contribution in [1.82, 2.24) is 19.0 Å². The van der Waals surface area contributed by atoms with Crippen LogP contribution >= 0.6 is 0 Å². The summed E-state index contributed by atoms with van der Waals surface area (Å²) in [6.07, 6.45) is -1.79. The van der Waals surface area contributed by atoms with E-state index >= 15 is 8.78 Å². The highest BCUT2D eigenvalue weighted by atomic mass is 32.2. The van der Waals surface area contributed by atoms with Crippen LogP contribution in [0.1, 0.15) is 34.5 Å². The van der Waals surface area contributed by atoms with Gasteiger partial charge in [-0.1, -0.05) is 0 Å². The summed E-state index contributed by atoms with van der Waals surface area (Å²) in [5, 5.41) is 1.59. The molecule has 3 heterocycles. The number of fused-ring (bicyclic) bond motifs is 1. The minimum absolute atomic E-state index is 0.0663. The SMILES string of the molecule is Cc1ccn2c(C[C@H]3CN(S(=O)(=O)CC4CC4)CCO3)c(-c3c(F)cc(C(=O)NCC(F)(F)F)cc3F)nc2c1. The molecule has 1 saturated carbocycles. The second kappa shape index (κ2) is 10.7. The smallest absolute Gasteiger partial charge is 0.375 e. The fourth-order valence-electron chi connectivity index (χ4n) is 4.78. The number of hydrogen-bond donors (Lipinski definition) is 1. The molecule has 0 radical (unpaired) electrons. The highest BCUT2D eigenvalue weighted by molar-refractivity contribution is 7.89. The minimum Gasteiger partial charge on any atom is -0.375 e. The number of nitrogens with one attached hydrogen (secondary N) is 1. The summed E-state index contributed by atoms with van der Waals surface area (Å²) in [6, 6.07) is 4.80. The van der Waals surface area contributed by atoms with E-state index in [2.05, 4.69) is 4.98 Å². The number of pyridine rings is 1. The van der Waals surface area contributed by atoms with Crippen LogP contribution in [0.5, 0.6) is 0 Å². The van der Waals surface area contributed by atoms with Gasteiger partial charge in [0.15, 0.2) is 0 Å². The fraction of sp³-hybridized carbons (Fsp3) is 0.462. The third-order valence-electron chi connectivity index (χ3n) is 6.93. The van der Waals surface area contributed by atoms with E-state index in [1.807, 2.05) is 6.92 Å². The van der Waals surface area contributed by atoms with Gasteiger partial charge in [0.2, 0.25) is 10.0 Å². The lowest BCUT2D eigenvalue weighted by atomic mass is 10.0. The molecule has 1 aliphatic carbocycles. The number of benzene rings is 1. The molecule has 216 valence electrons. The lowest BCUT2D eigenvalue weighted by molar-refractivity contribution is -0.123. The molecule has 0 unspecified atom stereocenters. The summed E-state index contributed by atoms with van der Waals surface area (Å²) >= 11 is 0. The number of carbonyl (C=O) groups excluding carboxylic acids is 1. The summed E-state index contributed by atoms with van der Waals surface area (Å²) in [6.45, 7) is 0.602. The zero-order chi connectivity index (χ0) is 28.8. The Kier molecular flexibility index (Phi) is 7.61. The van der Waals surface area contributed by atoms with Crippen LogP contribution in [0.2, 0.25) is 0 Å². The van der Waals surface area contributed by atoms with Crippen LogP contribution in [0.3, 0.4) is 0 Å². The van der Waals surface area contributed by atoms with E-state index in [1.165, 1.54) is 4.31 Å². The Bertz CT molecular complexity index is 1530. The van der Waals surface area contributed by atoms with Crippen molar-refractivity contribution in [3.8, 4) is 11.3 Å². The zero-order valence-electron chi connectivity index (χ0n) is 21.5. The first-order valence-corrected chi connectivity index (χ1v) is 14.3. The number of imidazole rings is 1. The largest absolute Gasteiger partial charge is 0.405 e. The fourth-order valence-corrected chi connectivity index (χ4v) is 6.66. The van der Waals surface area contributed by atoms with Gasteiger partial charge in [0, 0.05) is 31.3 Å². The van der Waals surface area contributed by atoms with Gasteiger partial charge in [-0.3, -0.25) is 4.79 Å². The second-order valence-electron chi connectivity index (χ2n) is 10.2. The number of rotatable bonds is 8. The Hall–Kier alpha value is -3.10. The maximum Gasteiger partial charge on any atom is 0.405 e. The van der Waals surface area contributed by atoms with Gasteiger partial charge in [0.05, 0.1) is 35.4 Å². The molecular formula is C26H27F5N4O4S. The van der Waals surface area contributed by atoms with Crippen molar-refractivity contribution in [2.75, 3.05) is 32.0 Å². The van der Waals surface area contributed by atoms with Gasteiger partial charge in [0.1, 0.15) is 23.8 Å². The monoisotopic (exact) mass is 586 g/mol. The van der Waals surface area contributed by atoms with Crippen molar-refractivity contribution < 1.29 is 39.9 Å². The average molecular weight is 587 g/mol. The number of nitrogens with zero attached hydrogens (tertiary/aromatic N) is 3. The van der Waals surface area contributed by atoms with Crippen LogP contribution in [0.4, 0.5) is 22.0 Å². The van der Waals surface area contributed by atoms with Gasteiger partial charge < -0.3 is 14.5 Å². The first-order valence-electron chi connectivity index (χ1n) is 12.7. The lowest BCUT2D eigenvalue weighted by Gasteiger charge is -2.32. The molecule has 40 heavy (non-hydrogen) atoms. The molecule has 8 nitrogen and oxygen atoms in total. The predicted octanol–water partition coefficient (Wildman–Crippen LogP) is 3.86. The van der Waals surface area contributed by atoms with Crippen LogP contribution < -0.4 is 5.32 Å². The number of alkyl halides is 3. The summed E-state index contributed by atoms with van der Waals surface area (Å²) in [5.41, 5.74) is 0.316. The Morgan fingerprint density at radius 1 is 1.18 bits per heavy atom. The number of hydrogen-bond acceptors (Lipinski definition) is 5. The van der Waals surface area contributed by atoms with Crippen molar-refractivity contribution in [2.24, 2.45) is 5.92 Å². The number of amides is 1. The van der Waals surface area contributed by atoms with Crippen molar-refractivity contribution in [3.63, 3.8) is 0 Å². The number of aryl methyl sites for hydroxylation is 1. The summed E-state index contributed by atoms with van der Waals surface area (Å²) in [4.78, 5) is 16.5. The molecule has 2 fully saturated rings. The number of ether oxygens (including phenoxy) is 1. The molecule has 1 amide bonds. The number of sulfonamides is 1. The average Bonchev–Trinajstić information content (AvgIpc) is 3.61.